The number of nitrogens with one attached hydrogen (secondary N) is 6. The van der Waals surface area contributed by atoms with Crippen LogP contribution in [0.1, 0.15) is 224 Å². The van der Waals surface area contributed by atoms with E-state index in [-0.39, 0.29) is 51.1 Å². The second-order valence-electron chi connectivity index (χ2n) is 37.5. The fourth-order valence-corrected chi connectivity index (χ4v) is 17.1. The number of rotatable bonds is 30. The molecule has 8 aromatic rings. The third-order valence-corrected chi connectivity index (χ3v) is 23.7. The Kier molecular flexibility index (Phi) is 34.9. The lowest BCUT2D eigenvalue weighted by Gasteiger charge is -2.33. The Labute approximate surface area is 745 Å². The Bertz CT molecular complexity index is 5070. The number of benzene rings is 8. The Morgan fingerprint density at radius 3 is 1.05 bits per heavy atom. The first-order valence-corrected chi connectivity index (χ1v) is 43.4. The number of carbonyl (C=O) groups is 9. The minimum Gasteiger partial charge on any atom is -0.480 e. The van der Waals surface area contributed by atoms with Gasteiger partial charge >= 0.3 is 17.9 Å². The van der Waals surface area contributed by atoms with Gasteiger partial charge in [-0.1, -0.05) is 271 Å². The van der Waals surface area contributed by atoms with Crippen LogP contribution in [0.3, 0.4) is 0 Å². The van der Waals surface area contributed by atoms with Crippen molar-refractivity contribution in [1.82, 2.24) is 32.1 Å². The van der Waals surface area contributed by atoms with E-state index in [1.807, 2.05) is 133 Å². The quantitative estimate of drug-likeness (QED) is 0.0115. The molecule has 11 atom stereocenters. The number of aliphatic carboxylic acids is 1. The number of aryl methyl sites for hydroxylation is 8. The molecule has 2 saturated heterocycles. The number of aliphatic hydroxyl groups is 1. The van der Waals surface area contributed by atoms with Gasteiger partial charge in [-0.25, -0.2) is 19.9 Å². The molecule has 0 aromatic heterocycles. The number of carboxylic acids is 1. The summed E-state index contributed by atoms with van der Waals surface area (Å²) in [6.07, 6.45) is 4.20. The van der Waals surface area contributed by atoms with Gasteiger partial charge in [-0.2, -0.15) is 0 Å². The van der Waals surface area contributed by atoms with E-state index < -0.39 is 118 Å². The number of carbonyl (C=O) groups excluding carboxylic acids is 8. The number of fused-ring (bicyclic) bond motifs is 2. The highest BCUT2D eigenvalue weighted by Gasteiger charge is 2.51. The molecule has 6 amide bonds. The van der Waals surface area contributed by atoms with E-state index in [4.69, 9.17) is 18.9 Å². The van der Waals surface area contributed by atoms with Crippen molar-refractivity contribution in [2.24, 2.45) is 34.0 Å². The van der Waals surface area contributed by atoms with Crippen molar-refractivity contribution in [3.63, 3.8) is 0 Å². The molecule has 0 saturated carbocycles. The maximum Gasteiger partial charge on any atom is 0.338 e. The maximum absolute atomic E-state index is 14.0. The van der Waals surface area contributed by atoms with E-state index in [0.29, 0.717) is 44.9 Å². The van der Waals surface area contributed by atoms with E-state index in [0.717, 1.165) is 87.7 Å². The molecule has 8 aromatic carbocycles. The zero-order valence-corrected chi connectivity index (χ0v) is 74.7. The highest BCUT2D eigenvalue weighted by molar-refractivity contribution is 5.94. The summed E-state index contributed by atoms with van der Waals surface area (Å²) in [5, 5.41) is 44.3. The van der Waals surface area contributed by atoms with Crippen molar-refractivity contribution >= 4 is 53.4 Å². The van der Waals surface area contributed by atoms with Gasteiger partial charge in [-0.15, -0.1) is 0 Å². The average molecular weight is 1720 g/mol. The first kappa shape index (κ1) is 100. The largest absolute Gasteiger partial charge is 0.480 e. The third kappa shape index (κ3) is 26.7. The molecule has 2 fully saturated rings. The minimum atomic E-state index is -1.78. The van der Waals surface area contributed by atoms with Crippen LogP contribution in [-0.4, -0.2) is 117 Å². The van der Waals surface area contributed by atoms with Crippen molar-refractivity contribution < 1.29 is 77.5 Å². The van der Waals surface area contributed by atoms with E-state index in [2.05, 4.69) is 150 Å². The van der Waals surface area contributed by atoms with E-state index in [1.165, 1.54) is 38.9 Å². The molecule has 22 heteroatoms. The molecular weight excluding hydrogens is 1590 g/mol. The first-order valence-electron chi connectivity index (χ1n) is 43.4. The average Bonchev–Trinajstić information content (AvgIpc) is 1.62. The van der Waals surface area contributed by atoms with Crippen LogP contribution in [0.15, 0.2) is 194 Å². The van der Waals surface area contributed by atoms with Crippen LogP contribution in [0.2, 0.25) is 0 Å². The highest BCUT2D eigenvalue weighted by Crippen LogP contribution is 2.39. The summed E-state index contributed by atoms with van der Waals surface area (Å²) in [4.78, 5) is 118. The number of hydroxylamine groups is 1. The molecule has 4 aliphatic rings. The molecule has 676 valence electrons. The third-order valence-electron chi connectivity index (χ3n) is 23.7. The van der Waals surface area contributed by atoms with Crippen molar-refractivity contribution in [2.45, 2.75) is 269 Å². The van der Waals surface area contributed by atoms with Crippen molar-refractivity contribution in [3.05, 3.63) is 250 Å². The Morgan fingerprint density at radius 2 is 0.738 bits per heavy atom. The number of hydrogen-bond acceptors (Lipinski definition) is 15. The van der Waals surface area contributed by atoms with Crippen LogP contribution in [0.5, 0.6) is 0 Å². The molecule has 126 heavy (non-hydrogen) atoms. The monoisotopic (exact) mass is 1720 g/mol. The van der Waals surface area contributed by atoms with Crippen LogP contribution >= 0.6 is 0 Å². The number of aliphatic hydroxyl groups excluding tert-OH is 1. The summed E-state index contributed by atoms with van der Waals surface area (Å²) in [6.45, 7) is 29.4. The lowest BCUT2D eigenvalue weighted by atomic mass is 9.84. The second-order valence-corrected chi connectivity index (χ2v) is 37.5. The molecule has 2 heterocycles. The van der Waals surface area contributed by atoms with E-state index >= 15 is 0 Å². The zero-order chi connectivity index (χ0) is 90.2. The number of hydrogen-bond donors (Lipinski definition) is 9. The van der Waals surface area contributed by atoms with Gasteiger partial charge in [-0.3, -0.25) is 34.0 Å². The van der Waals surface area contributed by atoms with Crippen LogP contribution in [0.4, 0.5) is 0 Å². The topological polar surface area (TPSA) is 323 Å². The summed E-state index contributed by atoms with van der Waals surface area (Å²) >= 11 is 0. The van der Waals surface area contributed by atoms with Gasteiger partial charge in [0.05, 0.1) is 29.8 Å². The molecule has 12 rings (SSSR count). The molecule has 0 radical (unpaired) electrons. The van der Waals surface area contributed by atoms with E-state index in [9.17, 15) is 58.6 Å². The van der Waals surface area contributed by atoms with Crippen LogP contribution < -0.4 is 32.1 Å². The van der Waals surface area contributed by atoms with Crippen LogP contribution in [-0.2, 0) is 94.2 Å². The molecule has 0 spiro atoms. The van der Waals surface area contributed by atoms with Gasteiger partial charge in [0.25, 0.3) is 5.91 Å². The molecule has 1 unspecified atom stereocenters. The lowest BCUT2D eigenvalue weighted by molar-refractivity contribution is -0.164. The van der Waals surface area contributed by atoms with Gasteiger partial charge in [0.1, 0.15) is 24.2 Å². The highest BCUT2D eigenvalue weighted by atomic mass is 16.8. The molecule has 9 N–H and O–H groups in total. The fourth-order valence-electron chi connectivity index (χ4n) is 17.1. The first-order chi connectivity index (χ1) is 58.6. The maximum atomic E-state index is 14.0. The summed E-state index contributed by atoms with van der Waals surface area (Å²) in [7, 11) is 0. The number of carboxylic acid groups (broad SMARTS) is 1. The summed E-state index contributed by atoms with van der Waals surface area (Å²) < 4.78 is 22.5. The molecule has 0 bridgehead atoms. The van der Waals surface area contributed by atoms with Crippen molar-refractivity contribution in [3.8, 4) is 33.4 Å². The normalized spacial score (nSPS) is 18.2. The van der Waals surface area contributed by atoms with Crippen molar-refractivity contribution in [1.29, 1.82) is 0 Å². The van der Waals surface area contributed by atoms with Crippen molar-refractivity contribution in [2.75, 3.05) is 0 Å². The van der Waals surface area contributed by atoms with Gasteiger partial charge in [0.15, 0.2) is 12.2 Å². The Hall–Kier alpha value is -11.2. The lowest BCUT2D eigenvalue weighted by Crippen LogP contribution is -2.57. The predicted octanol–water partition coefficient (Wildman–Crippen LogP) is 17.6. The smallest absolute Gasteiger partial charge is 0.338 e. The molecular formula is C104H134N6O16. The van der Waals surface area contributed by atoms with Crippen LogP contribution in [0.25, 0.3) is 33.4 Å². The zero-order valence-electron chi connectivity index (χ0n) is 74.7. The van der Waals surface area contributed by atoms with Gasteiger partial charge in [0, 0.05) is 27.7 Å². The second kappa shape index (κ2) is 43.8. The SMILES string of the molecule is C.C.Cc1cc(CCC[C@@H](C(=O)N[C@H](C(=O)N[C@@H]2CCc3ccccc32)C(C)(C)C)C(O)C(=O)NO)ccc1-c1ccccc1.Cc1cc(CCC[C@@H](C(=O)N[C@H](C(=O)N[C@@H]2CCc3ccccc32)C(C)(C)C)[C@@H]2OC(C)(C)OC2=O)ccc1-c1ccccc1.Cc1cc(CCC[C@@H](C(=O)N[C@H](C(=O)O)C(C)(C)C)[C@@H]2OC(C)(C)OC2=O)ccc1-c1ccccc1. The summed E-state index contributed by atoms with van der Waals surface area (Å²) in [5.74, 6) is -10.5. The molecule has 2 aliphatic carbocycles. The van der Waals surface area contributed by atoms with E-state index in [1.54, 1.807) is 48.5 Å². The summed E-state index contributed by atoms with van der Waals surface area (Å²) in [6, 6.07) is 62.6. The number of cyclic esters (lactones) is 2. The Morgan fingerprint density at radius 1 is 0.421 bits per heavy atom. The number of ether oxygens (including phenoxy) is 4. The number of esters is 2. The predicted molar refractivity (Wildman–Crippen MR) is 492 cm³/mol. The standard InChI is InChI=1S/C38H46N2O5.C35H43N3O5.C29H37NO6.2CH4/c1-24-23-25(19-21-28(24)26-14-8-7-9-15-26)13-12-18-30(32-36(43)45-38(5,6)44-32)34(41)40-33(37(2,3)4)35(42)39-31-22-20-27-16-10-11-17-29(27)31;1-22-21-23(17-19-26(22)24-12-6-5-7-13-24)11-10-16-28(30(39)33(41)38-43)32(40)37-31(35(2,3)4)34(42)36-29-20-18-25-14-8-9-15-27(25)29;1-18-17-19(15-16-21(18)20-12-8-7-9-13-20)11-10-14-22(23-27(34)36-29(5,6)35-23)25(31)30-24(26(32)33)28(2,3)4;;/h7-11,14-17,19,21,23,30-33H,12-13,18,20,22H2,1-6H3,(H,39,42)(H,40,41);5-9,12-15,17,19,21,28-31,39,43H,10-11,16,18,20H2,1-4H3,(H,36,42)(H,37,40)(H,38,41);7-9,12-13,15-17,22-24H,10-11,14H2,1-6H3,(H,30,31)(H,32,33);2*1H4/t30-,31-,32+,33-;28-,29-,30?,31-;22-,23+,24-;;/m111../s1. The number of amides is 6. The van der Waals surface area contributed by atoms with Gasteiger partial charge in [0.2, 0.25) is 41.1 Å². The van der Waals surface area contributed by atoms with Crippen LogP contribution in [0, 0.1) is 54.8 Å². The Balaban J connectivity index is 0.000000234. The molecule has 2 aliphatic heterocycles. The minimum absolute atomic E-state index is 0. The fraction of sp³-hybridized carbons (Fsp3) is 0.452. The van der Waals surface area contributed by atoms with Gasteiger partial charge < -0.3 is 55.7 Å². The summed E-state index contributed by atoms with van der Waals surface area (Å²) in [5.41, 5.74) is 18.0. The molecule has 22 nitrogen and oxygen atoms in total. The van der Waals surface area contributed by atoms with Gasteiger partial charge in [-0.05, 0) is 210 Å².